The van der Waals surface area contributed by atoms with Gasteiger partial charge < -0.3 is 10.8 Å². The Balaban J connectivity index is 4.13. The van der Waals surface area contributed by atoms with Gasteiger partial charge in [-0.15, -0.1) is 0 Å². The summed E-state index contributed by atoms with van der Waals surface area (Å²) in [4.78, 5) is 0. The summed E-state index contributed by atoms with van der Waals surface area (Å²) in [5, 5.41) is 10.3. The summed E-state index contributed by atoms with van der Waals surface area (Å²) in [6, 6.07) is 0. The van der Waals surface area contributed by atoms with Crippen LogP contribution in [0.2, 0.25) is 0 Å². The number of hydrogen-bond acceptors (Lipinski definition) is 2. The summed E-state index contributed by atoms with van der Waals surface area (Å²) in [6.45, 7) is 8.67. The van der Waals surface area contributed by atoms with Crippen molar-refractivity contribution >= 4 is 0 Å². The van der Waals surface area contributed by atoms with Gasteiger partial charge in [0.15, 0.2) is 0 Å². The van der Waals surface area contributed by atoms with E-state index in [0.717, 1.165) is 12.8 Å². The predicted molar refractivity (Wildman–Crippen MR) is 57.6 cm³/mol. The molecule has 0 aromatic heterocycles. The van der Waals surface area contributed by atoms with E-state index in [9.17, 15) is 5.11 Å². The van der Waals surface area contributed by atoms with Crippen molar-refractivity contribution in [3.8, 4) is 0 Å². The van der Waals surface area contributed by atoms with E-state index in [1.54, 1.807) is 0 Å². The molecule has 2 heteroatoms. The number of rotatable bonds is 5. The van der Waals surface area contributed by atoms with Gasteiger partial charge in [0.1, 0.15) is 0 Å². The monoisotopic (exact) mass is 187 g/mol. The lowest BCUT2D eigenvalue weighted by molar-refractivity contribution is -0.0578. The summed E-state index contributed by atoms with van der Waals surface area (Å²) in [5.41, 5.74) is 4.82. The Morgan fingerprint density at radius 1 is 1.15 bits per heavy atom. The largest absolute Gasteiger partial charge is 0.388 e. The van der Waals surface area contributed by atoms with Crippen LogP contribution in [0.15, 0.2) is 0 Å². The standard InChI is InChI=1S/C11H25NO/c1-5-6-7-8-11(13,9-12)10(2,3)4/h13H,5-9,12H2,1-4H3. The minimum Gasteiger partial charge on any atom is -0.388 e. The SMILES string of the molecule is CCCCCC(O)(CN)C(C)(C)C. The van der Waals surface area contributed by atoms with Crippen molar-refractivity contribution in [3.63, 3.8) is 0 Å². The quantitative estimate of drug-likeness (QED) is 0.649. The summed E-state index contributed by atoms with van der Waals surface area (Å²) < 4.78 is 0. The van der Waals surface area contributed by atoms with Gasteiger partial charge >= 0.3 is 0 Å². The van der Waals surface area contributed by atoms with Crippen LogP contribution in [0.25, 0.3) is 0 Å². The van der Waals surface area contributed by atoms with E-state index in [-0.39, 0.29) is 5.41 Å². The number of hydrogen-bond donors (Lipinski definition) is 2. The predicted octanol–water partition coefficient (Wildman–Crippen LogP) is 2.30. The molecule has 0 aromatic carbocycles. The zero-order valence-electron chi connectivity index (χ0n) is 9.56. The van der Waals surface area contributed by atoms with Crippen molar-refractivity contribution in [2.75, 3.05) is 6.54 Å². The average molecular weight is 187 g/mol. The second-order valence-electron chi connectivity index (χ2n) is 4.94. The van der Waals surface area contributed by atoms with Gasteiger partial charge in [-0.05, 0) is 11.8 Å². The molecule has 0 aliphatic rings. The average Bonchev–Trinajstić information content (AvgIpc) is 2.02. The molecule has 0 heterocycles. The van der Waals surface area contributed by atoms with Crippen LogP contribution in [-0.4, -0.2) is 17.3 Å². The first-order valence-electron chi connectivity index (χ1n) is 5.30. The fourth-order valence-electron chi connectivity index (χ4n) is 1.45. The Morgan fingerprint density at radius 2 is 1.69 bits per heavy atom. The smallest absolute Gasteiger partial charge is 0.0817 e. The maximum atomic E-state index is 10.3. The third-order valence-corrected chi connectivity index (χ3v) is 2.93. The van der Waals surface area contributed by atoms with Crippen LogP contribution in [0.5, 0.6) is 0 Å². The van der Waals surface area contributed by atoms with Gasteiger partial charge in [-0.2, -0.15) is 0 Å². The third-order valence-electron chi connectivity index (χ3n) is 2.93. The normalized spacial score (nSPS) is 17.1. The topological polar surface area (TPSA) is 46.2 Å². The van der Waals surface area contributed by atoms with E-state index in [2.05, 4.69) is 6.92 Å². The van der Waals surface area contributed by atoms with Crippen LogP contribution in [-0.2, 0) is 0 Å². The Labute approximate surface area is 82.5 Å². The molecule has 80 valence electrons. The maximum Gasteiger partial charge on any atom is 0.0817 e. The molecule has 0 saturated carbocycles. The molecule has 0 fully saturated rings. The first-order chi connectivity index (χ1) is 5.87. The van der Waals surface area contributed by atoms with Crippen molar-refractivity contribution in [1.82, 2.24) is 0 Å². The number of unbranched alkanes of at least 4 members (excludes halogenated alkanes) is 2. The third kappa shape index (κ3) is 3.65. The Bertz CT molecular complexity index is 140. The highest BCUT2D eigenvalue weighted by atomic mass is 16.3. The van der Waals surface area contributed by atoms with E-state index in [1.165, 1.54) is 12.8 Å². The Hall–Kier alpha value is -0.0800. The zero-order chi connectivity index (χ0) is 10.5. The first kappa shape index (κ1) is 12.9. The van der Waals surface area contributed by atoms with E-state index in [0.29, 0.717) is 6.54 Å². The molecule has 13 heavy (non-hydrogen) atoms. The second kappa shape index (κ2) is 4.97. The van der Waals surface area contributed by atoms with Gasteiger partial charge in [0, 0.05) is 6.54 Å². The highest BCUT2D eigenvalue weighted by Gasteiger charge is 2.37. The minimum absolute atomic E-state index is 0.116. The van der Waals surface area contributed by atoms with E-state index >= 15 is 0 Å². The maximum absolute atomic E-state index is 10.3. The number of nitrogens with two attached hydrogens (primary N) is 1. The van der Waals surface area contributed by atoms with Crippen LogP contribution in [0.4, 0.5) is 0 Å². The van der Waals surface area contributed by atoms with Gasteiger partial charge in [0.2, 0.25) is 0 Å². The molecule has 0 rings (SSSR count). The number of aliphatic hydroxyl groups is 1. The molecular weight excluding hydrogens is 162 g/mol. The molecule has 1 atom stereocenters. The molecule has 3 N–H and O–H groups in total. The second-order valence-corrected chi connectivity index (χ2v) is 4.94. The molecule has 0 amide bonds. The highest BCUT2D eigenvalue weighted by molar-refractivity contribution is 4.91. The van der Waals surface area contributed by atoms with E-state index < -0.39 is 5.60 Å². The summed E-state index contributed by atoms with van der Waals surface area (Å²) in [5.74, 6) is 0. The molecular formula is C11H25NO. The van der Waals surface area contributed by atoms with Gasteiger partial charge in [-0.1, -0.05) is 47.0 Å². The molecule has 0 aromatic rings. The Morgan fingerprint density at radius 3 is 2.00 bits per heavy atom. The van der Waals surface area contributed by atoms with Gasteiger partial charge in [0.05, 0.1) is 5.60 Å². The van der Waals surface area contributed by atoms with Gasteiger partial charge in [-0.25, -0.2) is 0 Å². The fraction of sp³-hybridized carbons (Fsp3) is 1.00. The first-order valence-corrected chi connectivity index (χ1v) is 5.30. The van der Waals surface area contributed by atoms with Crippen molar-refractivity contribution in [2.45, 2.75) is 59.0 Å². The van der Waals surface area contributed by atoms with Crippen molar-refractivity contribution in [2.24, 2.45) is 11.1 Å². The molecule has 0 saturated heterocycles. The summed E-state index contributed by atoms with van der Waals surface area (Å²) >= 11 is 0. The lowest BCUT2D eigenvalue weighted by Gasteiger charge is -2.39. The molecule has 0 radical (unpaired) electrons. The summed E-state index contributed by atoms with van der Waals surface area (Å²) in [6.07, 6.45) is 4.26. The van der Waals surface area contributed by atoms with Crippen molar-refractivity contribution < 1.29 is 5.11 Å². The molecule has 0 aliphatic carbocycles. The fourth-order valence-corrected chi connectivity index (χ4v) is 1.45. The molecule has 0 aliphatic heterocycles. The Kier molecular flexibility index (Phi) is 4.93. The van der Waals surface area contributed by atoms with Crippen molar-refractivity contribution in [1.29, 1.82) is 0 Å². The lowest BCUT2D eigenvalue weighted by Crippen LogP contribution is -2.49. The summed E-state index contributed by atoms with van der Waals surface area (Å²) in [7, 11) is 0. The molecule has 0 spiro atoms. The molecule has 0 bridgehead atoms. The van der Waals surface area contributed by atoms with Crippen LogP contribution in [0.1, 0.15) is 53.4 Å². The van der Waals surface area contributed by atoms with Crippen molar-refractivity contribution in [3.05, 3.63) is 0 Å². The van der Waals surface area contributed by atoms with E-state index in [4.69, 9.17) is 5.73 Å². The minimum atomic E-state index is -0.692. The van der Waals surface area contributed by atoms with Crippen LogP contribution in [0, 0.1) is 5.41 Å². The zero-order valence-corrected chi connectivity index (χ0v) is 9.56. The van der Waals surface area contributed by atoms with Crippen LogP contribution < -0.4 is 5.73 Å². The van der Waals surface area contributed by atoms with E-state index in [1.807, 2.05) is 20.8 Å². The molecule has 1 unspecified atom stereocenters. The molecule has 2 nitrogen and oxygen atoms in total. The van der Waals surface area contributed by atoms with Crippen LogP contribution in [0.3, 0.4) is 0 Å². The highest BCUT2D eigenvalue weighted by Crippen LogP contribution is 2.33. The van der Waals surface area contributed by atoms with Gasteiger partial charge in [0.25, 0.3) is 0 Å². The van der Waals surface area contributed by atoms with Gasteiger partial charge in [-0.3, -0.25) is 0 Å². The lowest BCUT2D eigenvalue weighted by atomic mass is 9.73. The van der Waals surface area contributed by atoms with Crippen LogP contribution >= 0.6 is 0 Å².